The number of carboxylic acids is 1. The number of aromatic carboxylic acids is 1. The van der Waals surface area contributed by atoms with Gasteiger partial charge in [0.1, 0.15) is 5.82 Å². The summed E-state index contributed by atoms with van der Waals surface area (Å²) in [5, 5.41) is 21.3. The van der Waals surface area contributed by atoms with Gasteiger partial charge >= 0.3 is 5.97 Å². The second-order valence-corrected chi connectivity index (χ2v) is 4.36. The molecular weight excluding hydrogens is 220 g/mol. The summed E-state index contributed by atoms with van der Waals surface area (Å²) in [7, 11) is 0. The summed E-state index contributed by atoms with van der Waals surface area (Å²) in [5.74, 6) is -0.363. The zero-order chi connectivity index (χ0) is 12.4. The first-order chi connectivity index (χ1) is 8.08. The van der Waals surface area contributed by atoms with Crippen LogP contribution in [-0.2, 0) is 6.42 Å². The van der Waals surface area contributed by atoms with Crippen LogP contribution in [0.3, 0.4) is 0 Å². The van der Waals surface area contributed by atoms with E-state index in [-0.39, 0.29) is 17.7 Å². The summed E-state index contributed by atoms with van der Waals surface area (Å²) in [5.41, 5.74) is 1.01. The Morgan fingerprint density at radius 1 is 1.53 bits per heavy atom. The number of aryl methyl sites for hydroxylation is 1. The molecule has 0 radical (unpaired) electrons. The molecule has 0 amide bonds. The fourth-order valence-electron chi connectivity index (χ4n) is 1.88. The Hall–Kier alpha value is -1.62. The Bertz CT molecular complexity index is 428. The van der Waals surface area contributed by atoms with Crippen molar-refractivity contribution < 1.29 is 15.0 Å². The van der Waals surface area contributed by atoms with Gasteiger partial charge in [-0.1, -0.05) is 6.92 Å². The Morgan fingerprint density at radius 2 is 2.24 bits per heavy atom. The standard InChI is InChI=1S/C12H16N2O3/c1-2-8-3-7(12(16)17)4-11(13-8)14-9-5-10(15)6-9/h3-4,9-10,15H,2,5-6H2,1H3,(H,13,14)(H,16,17). The van der Waals surface area contributed by atoms with Crippen molar-refractivity contribution in [3.8, 4) is 0 Å². The largest absolute Gasteiger partial charge is 0.478 e. The maximum atomic E-state index is 10.9. The zero-order valence-corrected chi connectivity index (χ0v) is 9.68. The van der Waals surface area contributed by atoms with Gasteiger partial charge in [0.2, 0.25) is 0 Å². The molecule has 0 aliphatic heterocycles. The van der Waals surface area contributed by atoms with E-state index in [1.807, 2.05) is 6.92 Å². The van der Waals surface area contributed by atoms with Crippen LogP contribution in [-0.4, -0.2) is 33.3 Å². The first-order valence-electron chi connectivity index (χ1n) is 5.77. The summed E-state index contributed by atoms with van der Waals surface area (Å²) in [4.78, 5) is 15.3. The molecule has 1 aromatic heterocycles. The summed E-state index contributed by atoms with van der Waals surface area (Å²) >= 11 is 0. The molecule has 0 bridgehead atoms. The van der Waals surface area contributed by atoms with E-state index < -0.39 is 5.97 Å². The topological polar surface area (TPSA) is 82.5 Å². The number of anilines is 1. The van der Waals surface area contributed by atoms with Crippen LogP contribution in [0.1, 0.15) is 35.8 Å². The van der Waals surface area contributed by atoms with Gasteiger partial charge < -0.3 is 15.5 Å². The fraction of sp³-hybridized carbons (Fsp3) is 0.500. The minimum Gasteiger partial charge on any atom is -0.478 e. The number of nitrogens with zero attached hydrogens (tertiary/aromatic N) is 1. The molecule has 0 atom stereocenters. The lowest BCUT2D eigenvalue weighted by Gasteiger charge is -2.32. The van der Waals surface area contributed by atoms with E-state index in [0.717, 1.165) is 5.69 Å². The highest BCUT2D eigenvalue weighted by molar-refractivity contribution is 5.88. The van der Waals surface area contributed by atoms with E-state index in [2.05, 4.69) is 10.3 Å². The van der Waals surface area contributed by atoms with E-state index in [0.29, 0.717) is 25.1 Å². The van der Waals surface area contributed by atoms with Crippen LogP contribution in [0.5, 0.6) is 0 Å². The van der Waals surface area contributed by atoms with Crippen LogP contribution in [0.25, 0.3) is 0 Å². The monoisotopic (exact) mass is 236 g/mol. The molecule has 0 saturated heterocycles. The molecule has 5 heteroatoms. The summed E-state index contributed by atoms with van der Waals surface area (Å²) < 4.78 is 0. The summed E-state index contributed by atoms with van der Waals surface area (Å²) in [6, 6.07) is 3.32. The highest BCUT2D eigenvalue weighted by Gasteiger charge is 2.27. The van der Waals surface area contributed by atoms with Gasteiger partial charge in [-0.25, -0.2) is 9.78 Å². The van der Waals surface area contributed by atoms with E-state index in [4.69, 9.17) is 5.11 Å². The molecule has 17 heavy (non-hydrogen) atoms. The minimum absolute atomic E-state index is 0.200. The van der Waals surface area contributed by atoms with Gasteiger partial charge in [-0.3, -0.25) is 0 Å². The molecule has 1 aromatic rings. The lowest BCUT2D eigenvalue weighted by Crippen LogP contribution is -2.39. The van der Waals surface area contributed by atoms with Gasteiger partial charge in [-0.05, 0) is 31.4 Å². The molecule has 0 unspecified atom stereocenters. The lowest BCUT2D eigenvalue weighted by atomic mass is 9.89. The number of hydrogen-bond acceptors (Lipinski definition) is 4. The van der Waals surface area contributed by atoms with Crippen molar-refractivity contribution >= 4 is 11.8 Å². The van der Waals surface area contributed by atoms with Gasteiger partial charge in [0.05, 0.1) is 11.7 Å². The molecular formula is C12H16N2O3. The molecule has 0 spiro atoms. The van der Waals surface area contributed by atoms with Crippen molar-refractivity contribution in [2.75, 3.05) is 5.32 Å². The second-order valence-electron chi connectivity index (χ2n) is 4.36. The van der Waals surface area contributed by atoms with Crippen molar-refractivity contribution in [3.63, 3.8) is 0 Å². The lowest BCUT2D eigenvalue weighted by molar-refractivity contribution is 0.0695. The Labute approximate surface area is 99.5 Å². The van der Waals surface area contributed by atoms with Crippen LogP contribution >= 0.6 is 0 Å². The maximum absolute atomic E-state index is 10.9. The SMILES string of the molecule is CCc1cc(C(=O)O)cc(NC2CC(O)C2)n1. The van der Waals surface area contributed by atoms with Crippen LogP contribution in [0.4, 0.5) is 5.82 Å². The minimum atomic E-state index is -0.946. The molecule has 5 nitrogen and oxygen atoms in total. The smallest absolute Gasteiger partial charge is 0.335 e. The number of carboxylic acid groups (broad SMARTS) is 1. The average molecular weight is 236 g/mol. The maximum Gasteiger partial charge on any atom is 0.335 e. The van der Waals surface area contributed by atoms with Crippen LogP contribution in [0, 0.1) is 0 Å². The van der Waals surface area contributed by atoms with Gasteiger partial charge in [0.15, 0.2) is 0 Å². The molecule has 2 rings (SSSR count). The molecule has 1 heterocycles. The van der Waals surface area contributed by atoms with Crippen molar-refractivity contribution in [2.24, 2.45) is 0 Å². The first kappa shape index (κ1) is 11.9. The van der Waals surface area contributed by atoms with Gasteiger partial charge in [0.25, 0.3) is 0 Å². The quantitative estimate of drug-likeness (QED) is 0.733. The third-order valence-electron chi connectivity index (χ3n) is 2.95. The Morgan fingerprint density at radius 3 is 2.76 bits per heavy atom. The van der Waals surface area contributed by atoms with E-state index in [9.17, 15) is 9.90 Å². The number of aromatic nitrogens is 1. The number of pyridine rings is 1. The average Bonchev–Trinajstić information content (AvgIpc) is 2.26. The number of carbonyl (C=O) groups is 1. The third-order valence-corrected chi connectivity index (χ3v) is 2.95. The molecule has 1 saturated carbocycles. The van der Waals surface area contributed by atoms with Gasteiger partial charge in [-0.2, -0.15) is 0 Å². The molecule has 3 N–H and O–H groups in total. The molecule has 92 valence electrons. The normalized spacial score (nSPS) is 22.9. The zero-order valence-electron chi connectivity index (χ0n) is 9.68. The van der Waals surface area contributed by atoms with Gasteiger partial charge in [-0.15, -0.1) is 0 Å². The van der Waals surface area contributed by atoms with Crippen LogP contribution in [0.2, 0.25) is 0 Å². The predicted octanol–water partition coefficient (Wildman–Crippen LogP) is 1.28. The van der Waals surface area contributed by atoms with Crippen LogP contribution in [0.15, 0.2) is 12.1 Å². The molecule has 1 aliphatic carbocycles. The Kier molecular flexibility index (Phi) is 3.28. The summed E-state index contributed by atoms with van der Waals surface area (Å²) in [6.45, 7) is 1.94. The molecule has 0 aromatic carbocycles. The first-order valence-corrected chi connectivity index (χ1v) is 5.77. The number of rotatable bonds is 4. The number of aliphatic hydroxyl groups excluding tert-OH is 1. The highest BCUT2D eigenvalue weighted by atomic mass is 16.4. The van der Waals surface area contributed by atoms with Crippen molar-refractivity contribution in [2.45, 2.75) is 38.3 Å². The number of nitrogens with one attached hydrogen (secondary N) is 1. The van der Waals surface area contributed by atoms with E-state index in [1.165, 1.54) is 6.07 Å². The predicted molar refractivity (Wildman–Crippen MR) is 63.2 cm³/mol. The Balaban J connectivity index is 2.15. The number of aliphatic hydroxyl groups is 1. The van der Waals surface area contributed by atoms with Crippen molar-refractivity contribution in [1.29, 1.82) is 0 Å². The van der Waals surface area contributed by atoms with E-state index >= 15 is 0 Å². The summed E-state index contributed by atoms with van der Waals surface area (Å²) in [6.07, 6.45) is 1.85. The fourth-order valence-corrected chi connectivity index (χ4v) is 1.88. The van der Waals surface area contributed by atoms with Crippen molar-refractivity contribution in [1.82, 2.24) is 4.98 Å². The van der Waals surface area contributed by atoms with Crippen molar-refractivity contribution in [3.05, 3.63) is 23.4 Å². The third kappa shape index (κ3) is 2.74. The second kappa shape index (κ2) is 4.71. The molecule has 1 fully saturated rings. The van der Waals surface area contributed by atoms with Gasteiger partial charge in [0, 0.05) is 11.7 Å². The number of hydrogen-bond donors (Lipinski definition) is 3. The highest BCUT2D eigenvalue weighted by Crippen LogP contribution is 2.23. The van der Waals surface area contributed by atoms with E-state index in [1.54, 1.807) is 6.07 Å². The molecule has 1 aliphatic rings. The van der Waals surface area contributed by atoms with Crippen LogP contribution < -0.4 is 5.32 Å².